The molecule has 4 saturated heterocycles. The molecule has 0 aromatic heterocycles. The molecule has 0 aromatic rings. The zero-order valence-corrected chi connectivity index (χ0v) is 29.7. The smallest absolute Gasteiger partial charge is 0.339 e. The van der Waals surface area contributed by atoms with Gasteiger partial charge in [-0.05, 0) is 64.7 Å². The second-order valence-corrected chi connectivity index (χ2v) is 15.7. The number of ether oxygens (including phenoxy) is 2. The predicted octanol–water partition coefficient (Wildman–Crippen LogP) is 5.17. The van der Waals surface area contributed by atoms with Crippen molar-refractivity contribution in [2.75, 3.05) is 0 Å². The molecule has 4 aliphatic heterocycles. The fourth-order valence-corrected chi connectivity index (χ4v) is 9.69. The van der Waals surface area contributed by atoms with Gasteiger partial charge in [0.05, 0.1) is 24.0 Å². The number of rotatable bonds is 14. The first-order valence-electron chi connectivity index (χ1n) is 19.1. The SMILES string of the molecule is CCCCCC[C@H]1C(=O)N[C@@]2([C@@H](O)C3CCCCC3)C(=O)O[C@@]12C.CCCCCC[C@H]1C(=O)N[C@@]2([C@@H](O)[C@@H]3C=CCCC3)C(=O)O[C@@]12C. The van der Waals surface area contributed by atoms with Gasteiger partial charge < -0.3 is 30.3 Å². The van der Waals surface area contributed by atoms with E-state index in [4.69, 9.17) is 9.47 Å². The minimum Gasteiger partial charge on any atom is -0.453 e. The van der Waals surface area contributed by atoms with E-state index in [2.05, 4.69) is 24.5 Å². The third-order valence-corrected chi connectivity index (χ3v) is 12.8. The normalized spacial score (nSPS) is 38.2. The van der Waals surface area contributed by atoms with E-state index in [1.807, 2.05) is 26.0 Å². The maximum Gasteiger partial charge on any atom is 0.339 e. The first kappa shape index (κ1) is 36.8. The third-order valence-electron chi connectivity index (χ3n) is 12.8. The minimum absolute atomic E-state index is 0.0741. The minimum atomic E-state index is -1.27. The molecule has 10 nitrogen and oxygen atoms in total. The molecule has 6 aliphatic rings. The van der Waals surface area contributed by atoms with Gasteiger partial charge in [0.2, 0.25) is 22.9 Å². The van der Waals surface area contributed by atoms with E-state index in [-0.39, 0.29) is 35.5 Å². The molecule has 2 amide bonds. The summed E-state index contributed by atoms with van der Waals surface area (Å²) in [5.41, 5.74) is -4.32. The molecule has 0 spiro atoms. The number of unbranched alkanes of at least 4 members (excludes halogenated alkanes) is 6. The van der Waals surface area contributed by atoms with Crippen molar-refractivity contribution in [3.63, 3.8) is 0 Å². The maximum atomic E-state index is 12.6. The topological polar surface area (TPSA) is 151 Å². The first-order valence-corrected chi connectivity index (χ1v) is 19.1. The Morgan fingerprint density at radius 3 is 1.65 bits per heavy atom. The number of carbonyl (C=O) groups excluding carboxylic acids is 4. The van der Waals surface area contributed by atoms with Crippen LogP contribution in [0.4, 0.5) is 0 Å². The first-order chi connectivity index (χ1) is 22.9. The zero-order chi connectivity index (χ0) is 34.7. The standard InChI is InChI=1S/C19H31NO4.C19H29NO4/c2*1-3-4-5-9-12-14-16(22)20-19(17(23)24-18(14,19)2)15(21)13-10-7-6-8-11-13/h13-15,21H,3-12H2,1-2H3,(H,20,22);7,10,13-15,21H,3-6,8-9,11-12H2,1-2H3,(H,20,22)/t14-,15-,18-,19-;13-,14+,15+,18+,19+/m01/s1. The Hall–Kier alpha value is -2.46. The van der Waals surface area contributed by atoms with E-state index < -0.39 is 46.4 Å². The van der Waals surface area contributed by atoms with Crippen molar-refractivity contribution in [3.05, 3.63) is 12.2 Å². The van der Waals surface area contributed by atoms with Crippen molar-refractivity contribution in [2.45, 2.75) is 178 Å². The van der Waals surface area contributed by atoms with Crippen molar-refractivity contribution in [1.82, 2.24) is 10.6 Å². The number of allylic oxidation sites excluding steroid dienone is 1. The molecule has 0 aromatic carbocycles. The number of carbonyl (C=O) groups is 4. The number of aliphatic hydroxyl groups excluding tert-OH is 2. The Bertz CT molecular complexity index is 1230. The van der Waals surface area contributed by atoms with E-state index in [0.29, 0.717) is 6.42 Å². The molecule has 48 heavy (non-hydrogen) atoms. The van der Waals surface area contributed by atoms with Gasteiger partial charge in [0.15, 0.2) is 11.2 Å². The van der Waals surface area contributed by atoms with Crippen LogP contribution in [-0.4, -0.2) is 68.5 Å². The van der Waals surface area contributed by atoms with Crippen LogP contribution >= 0.6 is 0 Å². The van der Waals surface area contributed by atoms with Crippen LogP contribution in [0.2, 0.25) is 0 Å². The van der Waals surface area contributed by atoms with Gasteiger partial charge in [-0.15, -0.1) is 0 Å². The summed E-state index contributed by atoms with van der Waals surface area (Å²) in [6.45, 7) is 7.95. The lowest BCUT2D eigenvalue weighted by Crippen LogP contribution is -2.80. The number of nitrogens with one attached hydrogen (secondary N) is 2. The van der Waals surface area contributed by atoms with Crippen molar-refractivity contribution in [1.29, 1.82) is 0 Å². The molecule has 4 heterocycles. The lowest BCUT2D eigenvalue weighted by molar-refractivity contribution is -0.240. The predicted molar refractivity (Wildman–Crippen MR) is 180 cm³/mol. The quantitative estimate of drug-likeness (QED) is 0.112. The van der Waals surface area contributed by atoms with Crippen LogP contribution in [0.5, 0.6) is 0 Å². The summed E-state index contributed by atoms with van der Waals surface area (Å²) in [5.74, 6) is -1.96. The number of fused-ring (bicyclic) bond motifs is 2. The maximum absolute atomic E-state index is 12.6. The molecule has 4 N–H and O–H groups in total. The van der Waals surface area contributed by atoms with Gasteiger partial charge in [-0.1, -0.05) is 96.6 Å². The average Bonchev–Trinajstić information content (AvgIpc) is 3.38. The summed E-state index contributed by atoms with van der Waals surface area (Å²) in [6.07, 6.45) is 20.3. The number of esters is 2. The van der Waals surface area contributed by atoms with Gasteiger partial charge in [0.25, 0.3) is 0 Å². The largest absolute Gasteiger partial charge is 0.453 e. The van der Waals surface area contributed by atoms with Crippen LogP contribution in [0.15, 0.2) is 12.2 Å². The van der Waals surface area contributed by atoms with E-state index in [9.17, 15) is 29.4 Å². The number of amides is 2. The lowest BCUT2D eigenvalue weighted by atomic mass is 9.63. The van der Waals surface area contributed by atoms with Gasteiger partial charge in [-0.2, -0.15) is 0 Å². The van der Waals surface area contributed by atoms with E-state index in [0.717, 1.165) is 103 Å². The average molecular weight is 673 g/mol. The molecule has 5 fully saturated rings. The van der Waals surface area contributed by atoms with Gasteiger partial charge in [0.1, 0.15) is 0 Å². The van der Waals surface area contributed by atoms with Crippen LogP contribution in [0.3, 0.4) is 0 Å². The lowest BCUT2D eigenvalue weighted by Gasteiger charge is -2.55. The molecule has 2 aliphatic carbocycles. The van der Waals surface area contributed by atoms with Crippen LogP contribution in [-0.2, 0) is 28.7 Å². The van der Waals surface area contributed by atoms with Gasteiger partial charge in [-0.25, -0.2) is 9.59 Å². The summed E-state index contributed by atoms with van der Waals surface area (Å²) in [7, 11) is 0. The van der Waals surface area contributed by atoms with Crippen molar-refractivity contribution >= 4 is 23.8 Å². The Kier molecular flexibility index (Phi) is 11.3. The Balaban J connectivity index is 0.000000188. The molecule has 0 unspecified atom stereocenters. The summed E-state index contributed by atoms with van der Waals surface area (Å²) in [5, 5.41) is 27.7. The number of hydrogen-bond acceptors (Lipinski definition) is 8. The fourth-order valence-electron chi connectivity index (χ4n) is 9.69. The van der Waals surface area contributed by atoms with Crippen LogP contribution in [0.25, 0.3) is 0 Å². The van der Waals surface area contributed by atoms with Crippen LogP contribution < -0.4 is 10.6 Å². The summed E-state index contributed by atoms with van der Waals surface area (Å²) < 4.78 is 11.0. The molecule has 0 bridgehead atoms. The highest BCUT2D eigenvalue weighted by molar-refractivity contribution is 6.02. The highest BCUT2D eigenvalue weighted by atomic mass is 16.6. The Labute approximate surface area is 286 Å². The summed E-state index contributed by atoms with van der Waals surface area (Å²) in [6, 6.07) is 0. The van der Waals surface area contributed by atoms with Crippen molar-refractivity contribution < 1.29 is 38.9 Å². The summed E-state index contributed by atoms with van der Waals surface area (Å²) in [4.78, 5) is 49.9. The molecular formula is C38H60N2O8. The molecular weight excluding hydrogens is 612 g/mol. The molecule has 270 valence electrons. The summed E-state index contributed by atoms with van der Waals surface area (Å²) >= 11 is 0. The highest BCUT2D eigenvalue weighted by Crippen LogP contribution is 2.55. The van der Waals surface area contributed by atoms with Crippen molar-refractivity contribution in [2.24, 2.45) is 23.7 Å². The number of aliphatic hydroxyl groups is 2. The van der Waals surface area contributed by atoms with Gasteiger partial charge in [-0.3, -0.25) is 9.59 Å². The molecule has 6 rings (SSSR count). The molecule has 10 heteroatoms. The fraction of sp³-hybridized carbons (Fsp3) is 0.842. The van der Waals surface area contributed by atoms with Crippen LogP contribution in [0, 0.1) is 23.7 Å². The van der Waals surface area contributed by atoms with E-state index in [1.165, 1.54) is 6.42 Å². The van der Waals surface area contributed by atoms with Gasteiger partial charge >= 0.3 is 11.9 Å². The second kappa shape index (κ2) is 14.8. The van der Waals surface area contributed by atoms with Crippen molar-refractivity contribution in [3.8, 4) is 0 Å². The molecule has 9 atom stereocenters. The van der Waals surface area contributed by atoms with Crippen LogP contribution in [0.1, 0.15) is 143 Å². The monoisotopic (exact) mass is 672 g/mol. The third kappa shape index (κ3) is 5.90. The molecule has 0 radical (unpaired) electrons. The van der Waals surface area contributed by atoms with E-state index in [1.54, 1.807) is 0 Å². The Morgan fingerprint density at radius 1 is 0.708 bits per heavy atom. The number of hydrogen-bond donors (Lipinski definition) is 4. The second-order valence-electron chi connectivity index (χ2n) is 15.7. The van der Waals surface area contributed by atoms with Gasteiger partial charge in [0, 0.05) is 5.92 Å². The Morgan fingerprint density at radius 2 is 1.21 bits per heavy atom. The highest BCUT2D eigenvalue weighted by Gasteiger charge is 2.80. The molecule has 1 saturated carbocycles. The van der Waals surface area contributed by atoms with E-state index >= 15 is 0 Å². The zero-order valence-electron chi connectivity index (χ0n) is 29.7.